The molecule has 2 aliphatic rings. The fraction of sp³-hybridized carbons (Fsp3) is 0.640. The number of hydrogen-bond acceptors (Lipinski definition) is 4. The zero-order chi connectivity index (χ0) is 23.4. The lowest BCUT2D eigenvalue weighted by atomic mass is 10.0. The molecule has 7 heteroatoms. The average molecular weight is 443 g/mol. The van der Waals surface area contributed by atoms with Gasteiger partial charge < -0.3 is 20.0 Å². The van der Waals surface area contributed by atoms with Crippen LogP contribution in [0.5, 0.6) is 0 Å². The summed E-state index contributed by atoms with van der Waals surface area (Å²) in [5, 5.41) is 3.27. The van der Waals surface area contributed by atoms with E-state index in [1.165, 1.54) is 0 Å². The van der Waals surface area contributed by atoms with Gasteiger partial charge in [-0.3, -0.25) is 14.4 Å². The van der Waals surface area contributed by atoms with Crippen LogP contribution in [0, 0.1) is 18.8 Å². The molecule has 3 rings (SSSR count). The van der Waals surface area contributed by atoms with Gasteiger partial charge >= 0.3 is 0 Å². The second-order valence-electron chi connectivity index (χ2n) is 9.84. The van der Waals surface area contributed by atoms with Crippen molar-refractivity contribution in [1.29, 1.82) is 0 Å². The van der Waals surface area contributed by atoms with Crippen molar-refractivity contribution in [2.24, 2.45) is 11.8 Å². The smallest absolute Gasteiger partial charge is 0.254 e. The van der Waals surface area contributed by atoms with E-state index in [1.807, 2.05) is 54.8 Å². The Morgan fingerprint density at radius 2 is 1.69 bits per heavy atom. The predicted molar refractivity (Wildman–Crippen MR) is 125 cm³/mol. The first kappa shape index (κ1) is 24.2. The Morgan fingerprint density at radius 3 is 2.25 bits per heavy atom. The summed E-state index contributed by atoms with van der Waals surface area (Å²) in [6.07, 6.45) is 0.492. The van der Waals surface area contributed by atoms with Gasteiger partial charge in [-0.2, -0.15) is 0 Å². The fourth-order valence-corrected chi connectivity index (χ4v) is 4.60. The van der Waals surface area contributed by atoms with Crippen LogP contribution < -0.4 is 5.32 Å². The molecule has 7 nitrogen and oxygen atoms in total. The summed E-state index contributed by atoms with van der Waals surface area (Å²) in [6, 6.07) is 6.79. The summed E-state index contributed by atoms with van der Waals surface area (Å²) in [5.74, 6) is 0.125. The Balaban J connectivity index is 1.89. The standard InChI is InChI=1S/C25H38N4O3/c1-17(2)15-28(23(30)18(3)4)21-14-22(25(32)27-12-10-26-11-13-27)29(16-21)24(31)20-8-6-19(5)7-9-20/h6-9,17-18,21-22,26H,10-16H2,1-5H3. The van der Waals surface area contributed by atoms with Gasteiger partial charge in [-0.25, -0.2) is 0 Å². The molecule has 0 spiro atoms. The van der Waals surface area contributed by atoms with Gasteiger partial charge in [-0.05, 0) is 31.4 Å². The number of benzene rings is 1. The van der Waals surface area contributed by atoms with Crippen LogP contribution in [0.4, 0.5) is 0 Å². The lowest BCUT2D eigenvalue weighted by Gasteiger charge is -2.32. The van der Waals surface area contributed by atoms with Gasteiger partial charge in [0, 0.05) is 50.7 Å². The maximum atomic E-state index is 13.5. The SMILES string of the molecule is Cc1ccc(C(=O)N2CC(N(CC(C)C)C(=O)C(C)C)CC2C(=O)N2CCNCC2)cc1. The van der Waals surface area contributed by atoms with Crippen LogP contribution >= 0.6 is 0 Å². The zero-order valence-electron chi connectivity index (χ0n) is 20.1. The minimum Gasteiger partial charge on any atom is -0.338 e. The van der Waals surface area contributed by atoms with E-state index in [9.17, 15) is 14.4 Å². The molecule has 0 saturated carbocycles. The summed E-state index contributed by atoms with van der Waals surface area (Å²) >= 11 is 0. The van der Waals surface area contributed by atoms with Crippen molar-refractivity contribution < 1.29 is 14.4 Å². The molecule has 2 saturated heterocycles. The number of hydrogen-bond donors (Lipinski definition) is 1. The highest BCUT2D eigenvalue weighted by atomic mass is 16.2. The van der Waals surface area contributed by atoms with Gasteiger partial charge in [-0.1, -0.05) is 45.4 Å². The van der Waals surface area contributed by atoms with E-state index in [0.29, 0.717) is 44.1 Å². The molecule has 0 aliphatic carbocycles. The Bertz CT molecular complexity index is 815. The number of rotatable bonds is 6. The third-order valence-electron chi connectivity index (χ3n) is 6.33. The lowest BCUT2D eigenvalue weighted by Crippen LogP contribution is -2.53. The summed E-state index contributed by atoms with van der Waals surface area (Å²) in [6.45, 7) is 13.8. The highest BCUT2D eigenvalue weighted by molar-refractivity contribution is 5.98. The molecule has 2 atom stereocenters. The first-order chi connectivity index (χ1) is 15.2. The van der Waals surface area contributed by atoms with Crippen LogP contribution in [0.15, 0.2) is 24.3 Å². The van der Waals surface area contributed by atoms with Crippen molar-refractivity contribution in [3.05, 3.63) is 35.4 Å². The second-order valence-corrected chi connectivity index (χ2v) is 9.84. The topological polar surface area (TPSA) is 73.0 Å². The number of piperazine rings is 1. The molecule has 2 aliphatic heterocycles. The highest BCUT2D eigenvalue weighted by Crippen LogP contribution is 2.28. The third kappa shape index (κ3) is 5.49. The number of carbonyl (C=O) groups excluding carboxylic acids is 3. The number of carbonyl (C=O) groups is 3. The summed E-state index contributed by atoms with van der Waals surface area (Å²) in [7, 11) is 0. The van der Waals surface area contributed by atoms with Crippen LogP contribution in [0.3, 0.4) is 0 Å². The Hall–Kier alpha value is -2.41. The van der Waals surface area contributed by atoms with E-state index in [1.54, 1.807) is 4.90 Å². The van der Waals surface area contributed by atoms with Gasteiger partial charge in [-0.15, -0.1) is 0 Å². The fourth-order valence-electron chi connectivity index (χ4n) is 4.60. The van der Waals surface area contributed by atoms with Gasteiger partial charge in [0.1, 0.15) is 6.04 Å². The largest absolute Gasteiger partial charge is 0.338 e. The molecule has 0 bridgehead atoms. The van der Waals surface area contributed by atoms with Crippen LogP contribution in [-0.2, 0) is 9.59 Å². The van der Waals surface area contributed by atoms with Crippen molar-refractivity contribution in [1.82, 2.24) is 20.0 Å². The molecule has 3 amide bonds. The first-order valence-electron chi connectivity index (χ1n) is 11.9. The van der Waals surface area contributed by atoms with Gasteiger partial charge in [0.25, 0.3) is 5.91 Å². The average Bonchev–Trinajstić information content (AvgIpc) is 3.22. The quantitative estimate of drug-likeness (QED) is 0.733. The maximum absolute atomic E-state index is 13.5. The van der Waals surface area contributed by atoms with Crippen LogP contribution in [0.2, 0.25) is 0 Å². The van der Waals surface area contributed by atoms with Gasteiger partial charge in [0.15, 0.2) is 0 Å². The van der Waals surface area contributed by atoms with E-state index < -0.39 is 6.04 Å². The van der Waals surface area contributed by atoms with Crippen molar-refractivity contribution in [3.8, 4) is 0 Å². The van der Waals surface area contributed by atoms with Gasteiger partial charge in [0.2, 0.25) is 11.8 Å². The molecule has 0 aromatic heterocycles. The zero-order valence-corrected chi connectivity index (χ0v) is 20.1. The molecule has 2 fully saturated rings. The van der Waals surface area contributed by atoms with Crippen molar-refractivity contribution in [3.63, 3.8) is 0 Å². The molecule has 2 unspecified atom stereocenters. The van der Waals surface area contributed by atoms with Gasteiger partial charge in [0.05, 0.1) is 6.04 Å². The van der Waals surface area contributed by atoms with E-state index in [4.69, 9.17) is 0 Å². The number of amides is 3. The van der Waals surface area contributed by atoms with Crippen LogP contribution in [0.1, 0.15) is 50.0 Å². The van der Waals surface area contributed by atoms with Crippen molar-refractivity contribution >= 4 is 17.7 Å². The number of nitrogens with one attached hydrogen (secondary N) is 1. The molecule has 0 radical (unpaired) electrons. The first-order valence-corrected chi connectivity index (χ1v) is 11.9. The molecule has 1 N–H and O–H groups in total. The number of nitrogens with zero attached hydrogens (tertiary/aromatic N) is 3. The molecule has 32 heavy (non-hydrogen) atoms. The normalized spacial score (nSPS) is 21.3. The highest BCUT2D eigenvalue weighted by Gasteiger charge is 2.44. The van der Waals surface area contributed by atoms with E-state index >= 15 is 0 Å². The maximum Gasteiger partial charge on any atom is 0.254 e. The molecule has 2 heterocycles. The molecule has 176 valence electrons. The molecular formula is C25H38N4O3. The number of aryl methyl sites for hydroxylation is 1. The summed E-state index contributed by atoms with van der Waals surface area (Å²) in [5.41, 5.74) is 1.67. The minimum absolute atomic E-state index is 0.00375. The van der Waals surface area contributed by atoms with E-state index in [2.05, 4.69) is 19.2 Å². The van der Waals surface area contributed by atoms with Crippen molar-refractivity contribution in [2.45, 2.75) is 53.1 Å². The molecular weight excluding hydrogens is 404 g/mol. The third-order valence-corrected chi connectivity index (χ3v) is 6.33. The predicted octanol–water partition coefficient (Wildman–Crippen LogP) is 2.15. The monoisotopic (exact) mass is 442 g/mol. The Labute approximate surface area is 192 Å². The van der Waals surface area contributed by atoms with E-state index in [0.717, 1.165) is 18.7 Å². The number of likely N-dealkylation sites (tertiary alicyclic amines) is 1. The summed E-state index contributed by atoms with van der Waals surface area (Å²) in [4.78, 5) is 45.5. The Morgan fingerprint density at radius 1 is 1.06 bits per heavy atom. The van der Waals surface area contributed by atoms with Crippen molar-refractivity contribution in [2.75, 3.05) is 39.3 Å². The lowest BCUT2D eigenvalue weighted by molar-refractivity contribution is -0.138. The molecule has 1 aromatic carbocycles. The van der Waals surface area contributed by atoms with Crippen LogP contribution in [-0.4, -0.2) is 83.8 Å². The van der Waals surface area contributed by atoms with E-state index in [-0.39, 0.29) is 29.7 Å². The minimum atomic E-state index is -0.540. The second kappa shape index (κ2) is 10.5. The molecule has 1 aromatic rings. The summed E-state index contributed by atoms with van der Waals surface area (Å²) < 4.78 is 0. The van der Waals surface area contributed by atoms with Crippen LogP contribution in [0.25, 0.3) is 0 Å². The Kier molecular flexibility index (Phi) is 7.93.